The molecule has 0 bridgehead atoms. The van der Waals surface area contributed by atoms with Gasteiger partial charge in [-0.15, -0.1) is 11.3 Å². The van der Waals surface area contributed by atoms with Crippen molar-refractivity contribution in [2.45, 2.75) is 6.54 Å². The highest BCUT2D eigenvalue weighted by Gasteiger charge is 2.07. The zero-order chi connectivity index (χ0) is 11.4. The van der Waals surface area contributed by atoms with Crippen LogP contribution in [0.4, 0.5) is 0 Å². The lowest BCUT2D eigenvalue weighted by molar-refractivity contribution is 0.397. The van der Waals surface area contributed by atoms with Crippen molar-refractivity contribution in [3.05, 3.63) is 23.5 Å². The molecule has 2 aromatic rings. The molecule has 0 saturated heterocycles. The summed E-state index contributed by atoms with van der Waals surface area (Å²) in [5.74, 6) is 0.551. The molecular formula is C10H12N4OS. The molecule has 16 heavy (non-hydrogen) atoms. The van der Waals surface area contributed by atoms with Crippen LogP contribution < -0.4 is 10.1 Å². The molecule has 0 atom stereocenters. The van der Waals surface area contributed by atoms with Gasteiger partial charge in [0, 0.05) is 23.7 Å². The predicted molar refractivity (Wildman–Crippen MR) is 62.5 cm³/mol. The molecule has 5 nitrogen and oxygen atoms in total. The van der Waals surface area contributed by atoms with Gasteiger partial charge in [0.25, 0.3) is 0 Å². The first-order valence-electron chi connectivity index (χ1n) is 4.79. The second-order valence-corrected chi connectivity index (χ2v) is 4.22. The van der Waals surface area contributed by atoms with E-state index in [9.17, 15) is 0 Å². The fourth-order valence-corrected chi connectivity index (χ4v) is 2.14. The van der Waals surface area contributed by atoms with Crippen LogP contribution >= 0.6 is 11.3 Å². The average Bonchev–Trinajstić information content (AvgIpc) is 2.78. The number of hydrogen-bond donors (Lipinski definition) is 1. The van der Waals surface area contributed by atoms with Crippen molar-refractivity contribution in [3.8, 4) is 16.6 Å². The van der Waals surface area contributed by atoms with Gasteiger partial charge >= 0.3 is 0 Å². The summed E-state index contributed by atoms with van der Waals surface area (Å²) in [6, 6.07) is 1.78. The van der Waals surface area contributed by atoms with Gasteiger partial charge in [-0.2, -0.15) is 0 Å². The van der Waals surface area contributed by atoms with Crippen molar-refractivity contribution in [3.63, 3.8) is 0 Å². The van der Waals surface area contributed by atoms with Crippen LogP contribution in [0.5, 0.6) is 5.88 Å². The summed E-state index contributed by atoms with van der Waals surface area (Å²) in [6.07, 6.45) is 3.33. The summed E-state index contributed by atoms with van der Waals surface area (Å²) in [7, 11) is 3.49. The van der Waals surface area contributed by atoms with Crippen LogP contribution in [0.1, 0.15) is 4.88 Å². The highest BCUT2D eigenvalue weighted by atomic mass is 32.1. The quantitative estimate of drug-likeness (QED) is 0.867. The van der Waals surface area contributed by atoms with Gasteiger partial charge in [0.2, 0.25) is 5.88 Å². The molecule has 0 spiro atoms. The molecule has 1 N–H and O–H groups in total. The lowest BCUT2D eigenvalue weighted by Gasteiger charge is -1.98. The zero-order valence-corrected chi connectivity index (χ0v) is 9.91. The number of methoxy groups -OCH3 is 1. The first kappa shape index (κ1) is 11.0. The van der Waals surface area contributed by atoms with Crippen LogP contribution in [0.2, 0.25) is 0 Å². The number of hydrogen-bond acceptors (Lipinski definition) is 6. The van der Waals surface area contributed by atoms with Gasteiger partial charge in [-0.05, 0) is 7.05 Å². The molecule has 0 aliphatic rings. The van der Waals surface area contributed by atoms with E-state index >= 15 is 0 Å². The molecule has 2 heterocycles. The number of ether oxygens (including phenoxy) is 1. The summed E-state index contributed by atoms with van der Waals surface area (Å²) in [5.41, 5.74) is 0.791. The Morgan fingerprint density at radius 1 is 1.38 bits per heavy atom. The van der Waals surface area contributed by atoms with Crippen molar-refractivity contribution < 1.29 is 4.74 Å². The molecule has 0 amide bonds. The molecule has 0 aliphatic carbocycles. The van der Waals surface area contributed by atoms with Gasteiger partial charge < -0.3 is 10.1 Å². The van der Waals surface area contributed by atoms with Crippen molar-refractivity contribution in [2.24, 2.45) is 0 Å². The molecule has 0 radical (unpaired) electrons. The molecule has 6 heteroatoms. The molecule has 2 aromatic heterocycles. The van der Waals surface area contributed by atoms with Gasteiger partial charge in [-0.1, -0.05) is 0 Å². The summed E-state index contributed by atoms with van der Waals surface area (Å²) in [6.45, 7) is 0.819. The van der Waals surface area contributed by atoms with Crippen LogP contribution in [0.3, 0.4) is 0 Å². The molecule has 0 aromatic carbocycles. The highest BCUT2D eigenvalue weighted by molar-refractivity contribution is 7.14. The van der Waals surface area contributed by atoms with E-state index in [1.807, 2.05) is 13.2 Å². The minimum atomic E-state index is 0.551. The van der Waals surface area contributed by atoms with E-state index in [2.05, 4.69) is 20.3 Å². The minimum Gasteiger partial charge on any atom is -0.481 e. The number of nitrogens with one attached hydrogen (secondary N) is 1. The minimum absolute atomic E-state index is 0.551. The fraction of sp³-hybridized carbons (Fsp3) is 0.300. The highest BCUT2D eigenvalue weighted by Crippen LogP contribution is 2.24. The van der Waals surface area contributed by atoms with E-state index < -0.39 is 0 Å². The van der Waals surface area contributed by atoms with Crippen LogP contribution in [0, 0.1) is 0 Å². The molecule has 84 valence electrons. The number of aromatic nitrogens is 3. The fourth-order valence-electron chi connectivity index (χ4n) is 1.25. The Kier molecular flexibility index (Phi) is 3.43. The van der Waals surface area contributed by atoms with E-state index in [1.165, 1.54) is 11.2 Å². The first-order valence-corrected chi connectivity index (χ1v) is 5.61. The van der Waals surface area contributed by atoms with Gasteiger partial charge in [-0.3, -0.25) is 0 Å². The smallest absolute Gasteiger partial charge is 0.216 e. The van der Waals surface area contributed by atoms with Crippen LogP contribution in [-0.4, -0.2) is 29.1 Å². The van der Waals surface area contributed by atoms with Crippen molar-refractivity contribution in [1.29, 1.82) is 0 Å². The Balaban J connectivity index is 2.27. The Labute approximate surface area is 97.5 Å². The van der Waals surface area contributed by atoms with Crippen LogP contribution in [-0.2, 0) is 6.54 Å². The van der Waals surface area contributed by atoms with Gasteiger partial charge in [0.1, 0.15) is 17.0 Å². The van der Waals surface area contributed by atoms with E-state index in [0.717, 1.165) is 17.2 Å². The standard InChI is InChI=1S/C10H12N4OS/c1-11-4-7-5-12-10(16-7)8-3-9(15-2)14-6-13-8/h3,5-6,11H,4H2,1-2H3. The Hall–Kier alpha value is -1.53. The molecule has 2 rings (SSSR count). The topological polar surface area (TPSA) is 59.9 Å². The third-order valence-corrected chi connectivity index (χ3v) is 2.99. The van der Waals surface area contributed by atoms with Crippen molar-refractivity contribution in [2.75, 3.05) is 14.2 Å². The SMILES string of the molecule is CNCc1cnc(-c2cc(OC)ncn2)s1. The average molecular weight is 236 g/mol. The zero-order valence-electron chi connectivity index (χ0n) is 9.10. The van der Waals surface area contributed by atoms with Crippen LogP contribution in [0.25, 0.3) is 10.7 Å². The molecule has 0 aliphatic heterocycles. The number of rotatable bonds is 4. The second kappa shape index (κ2) is 5.00. The number of nitrogens with zero attached hydrogens (tertiary/aromatic N) is 3. The maximum Gasteiger partial charge on any atom is 0.216 e. The maximum atomic E-state index is 5.04. The monoisotopic (exact) mass is 236 g/mol. The molecular weight excluding hydrogens is 224 g/mol. The number of thiazole rings is 1. The lowest BCUT2D eigenvalue weighted by Crippen LogP contribution is -2.02. The third-order valence-electron chi connectivity index (χ3n) is 1.97. The summed E-state index contributed by atoms with van der Waals surface area (Å²) in [5, 5.41) is 3.96. The van der Waals surface area contributed by atoms with E-state index in [1.54, 1.807) is 24.5 Å². The second-order valence-electron chi connectivity index (χ2n) is 3.11. The summed E-state index contributed by atoms with van der Waals surface area (Å²) in [4.78, 5) is 13.6. The van der Waals surface area contributed by atoms with E-state index in [0.29, 0.717) is 5.88 Å². The Morgan fingerprint density at radius 2 is 2.25 bits per heavy atom. The normalized spacial score (nSPS) is 10.4. The molecule has 0 saturated carbocycles. The largest absolute Gasteiger partial charge is 0.481 e. The van der Waals surface area contributed by atoms with Gasteiger partial charge in [0.05, 0.1) is 7.11 Å². The van der Waals surface area contributed by atoms with Crippen LogP contribution in [0.15, 0.2) is 18.6 Å². The summed E-state index contributed by atoms with van der Waals surface area (Å²) < 4.78 is 5.04. The lowest BCUT2D eigenvalue weighted by atomic mass is 10.4. The van der Waals surface area contributed by atoms with Gasteiger partial charge in [0.15, 0.2) is 0 Å². The molecule has 0 unspecified atom stereocenters. The summed E-state index contributed by atoms with van der Waals surface area (Å²) >= 11 is 1.61. The van der Waals surface area contributed by atoms with E-state index in [-0.39, 0.29) is 0 Å². The Bertz CT molecular complexity index is 471. The van der Waals surface area contributed by atoms with Crippen molar-refractivity contribution in [1.82, 2.24) is 20.3 Å². The maximum absolute atomic E-state index is 5.04. The first-order chi connectivity index (χ1) is 7.83. The van der Waals surface area contributed by atoms with Gasteiger partial charge in [-0.25, -0.2) is 15.0 Å². The van der Waals surface area contributed by atoms with E-state index in [4.69, 9.17) is 4.74 Å². The molecule has 0 fully saturated rings. The van der Waals surface area contributed by atoms with Crippen molar-refractivity contribution >= 4 is 11.3 Å². The Morgan fingerprint density at radius 3 is 3.00 bits per heavy atom. The predicted octanol–water partition coefficient (Wildman–Crippen LogP) is 1.33. The third kappa shape index (κ3) is 2.34.